The molecule has 1 aromatic carbocycles. The highest BCUT2D eigenvalue weighted by molar-refractivity contribution is 7.99. The molecule has 1 aliphatic rings. The smallest absolute Gasteiger partial charge is 0.253 e. The zero-order valence-electron chi connectivity index (χ0n) is 11.4. The van der Waals surface area contributed by atoms with Crippen molar-refractivity contribution in [2.45, 2.75) is 12.5 Å². The summed E-state index contributed by atoms with van der Waals surface area (Å²) < 4.78 is 13.9. The van der Waals surface area contributed by atoms with Crippen LogP contribution in [0.4, 0.5) is 4.39 Å². The highest BCUT2D eigenvalue weighted by Gasteiger charge is 2.24. The Morgan fingerprint density at radius 3 is 3.00 bits per heavy atom. The van der Waals surface area contributed by atoms with Crippen LogP contribution in [-0.4, -0.2) is 41.9 Å². The minimum Gasteiger partial charge on any atom is -0.338 e. The summed E-state index contributed by atoms with van der Waals surface area (Å²) in [4.78, 5) is 14.0. The van der Waals surface area contributed by atoms with Crippen molar-refractivity contribution < 1.29 is 9.18 Å². The van der Waals surface area contributed by atoms with E-state index in [-0.39, 0.29) is 24.1 Å². The molecule has 2 N–H and O–H groups in total. The molecule has 3 nitrogen and oxygen atoms in total. The van der Waals surface area contributed by atoms with Gasteiger partial charge in [0.05, 0.1) is 12.1 Å². The Labute approximate surface area is 122 Å². The van der Waals surface area contributed by atoms with Crippen LogP contribution in [0.3, 0.4) is 0 Å². The molecule has 0 radical (unpaired) electrons. The summed E-state index contributed by atoms with van der Waals surface area (Å²) in [6.07, 6.45) is 0.995. The molecule has 1 aromatic rings. The van der Waals surface area contributed by atoms with Gasteiger partial charge in [0.25, 0.3) is 5.91 Å². The van der Waals surface area contributed by atoms with Crippen molar-refractivity contribution in [3.8, 4) is 11.8 Å². The van der Waals surface area contributed by atoms with Crippen molar-refractivity contribution in [2.24, 2.45) is 5.73 Å². The molecular weight excluding hydrogens is 275 g/mol. The number of thioether (sulfide) groups is 1. The molecule has 20 heavy (non-hydrogen) atoms. The van der Waals surface area contributed by atoms with Gasteiger partial charge in [0.15, 0.2) is 0 Å². The molecular formula is C15H17FN2OS. The molecule has 0 spiro atoms. The molecule has 0 aliphatic carbocycles. The second-order valence-electron chi connectivity index (χ2n) is 4.63. The lowest BCUT2D eigenvalue weighted by atomic mass is 10.1. The first kappa shape index (κ1) is 14.9. The van der Waals surface area contributed by atoms with E-state index in [1.807, 2.05) is 11.8 Å². The minimum absolute atomic E-state index is 0.144. The van der Waals surface area contributed by atoms with Gasteiger partial charge in [-0.05, 0) is 30.4 Å². The molecule has 1 fully saturated rings. The summed E-state index contributed by atoms with van der Waals surface area (Å²) in [5.41, 5.74) is 5.89. The molecule has 0 bridgehead atoms. The lowest BCUT2D eigenvalue weighted by Gasteiger charge is -2.23. The summed E-state index contributed by atoms with van der Waals surface area (Å²) in [5.74, 6) is 6.64. The molecule has 0 aromatic heterocycles. The predicted octanol–water partition coefficient (Wildman–Crippen LogP) is 1.71. The van der Waals surface area contributed by atoms with Gasteiger partial charge in [-0.3, -0.25) is 4.79 Å². The Kier molecular flexibility index (Phi) is 5.05. The summed E-state index contributed by atoms with van der Waals surface area (Å²) in [5, 5.41) is 0. The van der Waals surface area contributed by atoms with Crippen LogP contribution in [0.2, 0.25) is 0 Å². The average Bonchev–Trinajstić information content (AvgIpc) is 2.98. The summed E-state index contributed by atoms with van der Waals surface area (Å²) in [7, 11) is 1.78. The van der Waals surface area contributed by atoms with Crippen molar-refractivity contribution in [1.82, 2.24) is 4.90 Å². The van der Waals surface area contributed by atoms with E-state index in [1.54, 1.807) is 18.0 Å². The van der Waals surface area contributed by atoms with Gasteiger partial charge in [-0.25, -0.2) is 4.39 Å². The standard InChI is InChI=1S/C15H17FN2OS/c1-18(13-6-8-20-10-13)15(19)12-5-4-11(3-2-7-17)14(16)9-12/h4-5,9,13H,6-8,10,17H2,1H3. The third kappa shape index (κ3) is 3.33. The van der Waals surface area contributed by atoms with Crippen molar-refractivity contribution >= 4 is 17.7 Å². The van der Waals surface area contributed by atoms with E-state index in [0.717, 1.165) is 17.9 Å². The molecule has 1 saturated heterocycles. The highest BCUT2D eigenvalue weighted by atomic mass is 32.2. The van der Waals surface area contributed by atoms with Gasteiger partial charge in [-0.1, -0.05) is 11.8 Å². The molecule has 1 amide bonds. The number of benzene rings is 1. The Morgan fingerprint density at radius 1 is 1.60 bits per heavy atom. The maximum atomic E-state index is 13.9. The third-order valence-corrected chi connectivity index (χ3v) is 4.46. The largest absolute Gasteiger partial charge is 0.338 e. The fourth-order valence-corrected chi connectivity index (χ4v) is 3.36. The van der Waals surface area contributed by atoms with E-state index in [4.69, 9.17) is 5.73 Å². The Morgan fingerprint density at radius 2 is 2.40 bits per heavy atom. The molecule has 2 rings (SSSR count). The van der Waals surface area contributed by atoms with Crippen LogP contribution in [0.5, 0.6) is 0 Å². The SMILES string of the molecule is CN(C(=O)c1ccc(C#CCN)c(F)c1)C1CCSC1. The van der Waals surface area contributed by atoms with E-state index in [2.05, 4.69) is 11.8 Å². The lowest BCUT2D eigenvalue weighted by Crippen LogP contribution is -2.37. The number of hydrogen-bond donors (Lipinski definition) is 1. The Bertz CT molecular complexity index is 559. The number of carbonyl (C=O) groups is 1. The molecule has 0 saturated carbocycles. The number of nitrogens with zero attached hydrogens (tertiary/aromatic N) is 1. The molecule has 1 atom stereocenters. The van der Waals surface area contributed by atoms with Gasteiger partial charge in [0.1, 0.15) is 5.82 Å². The molecule has 1 heterocycles. The first-order valence-electron chi connectivity index (χ1n) is 6.47. The monoisotopic (exact) mass is 292 g/mol. The van der Waals surface area contributed by atoms with Crippen molar-refractivity contribution in [3.05, 3.63) is 35.1 Å². The van der Waals surface area contributed by atoms with E-state index in [0.29, 0.717) is 5.56 Å². The first-order valence-corrected chi connectivity index (χ1v) is 7.62. The van der Waals surface area contributed by atoms with Gasteiger partial charge in [0.2, 0.25) is 0 Å². The van der Waals surface area contributed by atoms with Crippen LogP contribution in [0.1, 0.15) is 22.3 Å². The molecule has 5 heteroatoms. The minimum atomic E-state index is -0.481. The van der Waals surface area contributed by atoms with Gasteiger partial charge in [0, 0.05) is 24.4 Å². The van der Waals surface area contributed by atoms with Crippen LogP contribution in [0.25, 0.3) is 0 Å². The Hall–Kier alpha value is -1.51. The lowest BCUT2D eigenvalue weighted by molar-refractivity contribution is 0.0747. The van der Waals surface area contributed by atoms with Crippen LogP contribution in [0.15, 0.2) is 18.2 Å². The van der Waals surface area contributed by atoms with Gasteiger partial charge < -0.3 is 10.6 Å². The van der Waals surface area contributed by atoms with Crippen LogP contribution in [0, 0.1) is 17.7 Å². The zero-order chi connectivity index (χ0) is 14.5. The molecule has 106 valence electrons. The van der Waals surface area contributed by atoms with Gasteiger partial charge >= 0.3 is 0 Å². The van der Waals surface area contributed by atoms with E-state index >= 15 is 0 Å². The maximum Gasteiger partial charge on any atom is 0.253 e. The van der Waals surface area contributed by atoms with E-state index in [1.165, 1.54) is 12.1 Å². The van der Waals surface area contributed by atoms with E-state index < -0.39 is 5.82 Å². The fourth-order valence-electron chi connectivity index (χ4n) is 2.09. The number of amides is 1. The van der Waals surface area contributed by atoms with Crippen LogP contribution >= 0.6 is 11.8 Å². The second kappa shape index (κ2) is 6.78. The topological polar surface area (TPSA) is 46.3 Å². The van der Waals surface area contributed by atoms with Crippen molar-refractivity contribution in [1.29, 1.82) is 0 Å². The number of hydrogen-bond acceptors (Lipinski definition) is 3. The fraction of sp³-hybridized carbons (Fsp3) is 0.400. The highest BCUT2D eigenvalue weighted by Crippen LogP contribution is 2.23. The second-order valence-corrected chi connectivity index (χ2v) is 5.78. The summed E-state index contributed by atoms with van der Waals surface area (Å²) in [6, 6.07) is 4.64. The van der Waals surface area contributed by atoms with Crippen molar-refractivity contribution in [2.75, 3.05) is 25.1 Å². The molecule has 1 aliphatic heterocycles. The quantitative estimate of drug-likeness (QED) is 0.844. The van der Waals surface area contributed by atoms with Gasteiger partial charge in [-0.2, -0.15) is 11.8 Å². The van der Waals surface area contributed by atoms with Crippen LogP contribution in [-0.2, 0) is 0 Å². The number of carbonyl (C=O) groups excluding carboxylic acids is 1. The Balaban J connectivity index is 2.16. The molecule has 1 unspecified atom stereocenters. The van der Waals surface area contributed by atoms with E-state index in [9.17, 15) is 9.18 Å². The third-order valence-electron chi connectivity index (χ3n) is 3.31. The van der Waals surface area contributed by atoms with Crippen molar-refractivity contribution in [3.63, 3.8) is 0 Å². The zero-order valence-corrected chi connectivity index (χ0v) is 12.2. The number of halogens is 1. The summed E-state index contributed by atoms with van der Waals surface area (Å²) in [6.45, 7) is 0.183. The maximum absolute atomic E-state index is 13.9. The van der Waals surface area contributed by atoms with Gasteiger partial charge in [-0.15, -0.1) is 0 Å². The van der Waals surface area contributed by atoms with Crippen LogP contribution < -0.4 is 5.73 Å². The first-order chi connectivity index (χ1) is 9.63. The number of nitrogens with two attached hydrogens (primary N) is 1. The number of rotatable bonds is 2. The average molecular weight is 292 g/mol. The normalized spacial score (nSPS) is 17.4. The predicted molar refractivity (Wildman–Crippen MR) is 80.2 cm³/mol. The summed E-state index contributed by atoms with van der Waals surface area (Å²) >= 11 is 1.84.